The van der Waals surface area contributed by atoms with Gasteiger partial charge in [-0.3, -0.25) is 9.59 Å². The third kappa shape index (κ3) is 5.12. The molecule has 2 aromatic rings. The highest BCUT2D eigenvalue weighted by atomic mass is 16.5. The van der Waals surface area contributed by atoms with Crippen LogP contribution in [-0.4, -0.2) is 32.0 Å². The number of methoxy groups -OCH3 is 1. The van der Waals surface area contributed by atoms with Crippen LogP contribution in [-0.2, 0) is 16.0 Å². The Morgan fingerprint density at radius 2 is 1.79 bits per heavy atom. The maximum Gasteiger partial charge on any atom is 0.242 e. The van der Waals surface area contributed by atoms with Gasteiger partial charge in [-0.2, -0.15) is 0 Å². The minimum Gasteiger partial charge on any atom is -0.497 e. The largest absolute Gasteiger partial charge is 0.497 e. The van der Waals surface area contributed by atoms with Crippen LogP contribution in [0.25, 0.3) is 0 Å². The lowest BCUT2D eigenvalue weighted by Gasteiger charge is -2.30. The van der Waals surface area contributed by atoms with E-state index in [2.05, 4.69) is 5.32 Å². The van der Waals surface area contributed by atoms with E-state index in [1.807, 2.05) is 62.4 Å². The van der Waals surface area contributed by atoms with Crippen molar-refractivity contribution in [2.24, 2.45) is 5.41 Å². The van der Waals surface area contributed by atoms with Crippen molar-refractivity contribution in [3.63, 3.8) is 0 Å². The fourth-order valence-electron chi connectivity index (χ4n) is 3.01. The predicted molar refractivity (Wildman–Crippen MR) is 113 cm³/mol. The summed E-state index contributed by atoms with van der Waals surface area (Å²) in [6.07, 6.45) is 0.690. The van der Waals surface area contributed by atoms with Gasteiger partial charge in [-0.05, 0) is 69.5 Å². The standard InChI is InChI=1S/C23H30N2O3/c1-6-25(19-9-7-8-17(2)16-19)22(27)23(3,4)21(26)24-15-14-18-10-12-20(28-5)13-11-18/h7-13,16H,6,14-15H2,1-5H3,(H,24,26). The molecule has 0 radical (unpaired) electrons. The fraction of sp³-hybridized carbons (Fsp3) is 0.391. The summed E-state index contributed by atoms with van der Waals surface area (Å²) in [7, 11) is 1.63. The highest BCUT2D eigenvalue weighted by Gasteiger charge is 2.39. The van der Waals surface area contributed by atoms with E-state index in [0.717, 1.165) is 22.6 Å². The molecule has 0 spiro atoms. The molecule has 2 aromatic carbocycles. The van der Waals surface area contributed by atoms with Crippen LogP contribution in [0.5, 0.6) is 5.75 Å². The maximum absolute atomic E-state index is 13.1. The minimum absolute atomic E-state index is 0.206. The van der Waals surface area contributed by atoms with Gasteiger partial charge in [0.1, 0.15) is 11.2 Å². The molecule has 0 aromatic heterocycles. The SMILES string of the molecule is CCN(C(=O)C(C)(C)C(=O)NCCc1ccc(OC)cc1)c1cccc(C)c1. The smallest absolute Gasteiger partial charge is 0.242 e. The molecule has 0 heterocycles. The van der Waals surface area contributed by atoms with Crippen molar-refractivity contribution >= 4 is 17.5 Å². The molecule has 5 heteroatoms. The number of nitrogens with zero attached hydrogens (tertiary/aromatic N) is 1. The third-order valence-electron chi connectivity index (χ3n) is 4.84. The van der Waals surface area contributed by atoms with Gasteiger partial charge >= 0.3 is 0 Å². The number of hydrogen-bond donors (Lipinski definition) is 1. The van der Waals surface area contributed by atoms with Gasteiger partial charge in [0.15, 0.2) is 0 Å². The zero-order valence-electron chi connectivity index (χ0n) is 17.4. The fourth-order valence-corrected chi connectivity index (χ4v) is 3.01. The Balaban J connectivity index is 2.00. The molecular weight excluding hydrogens is 352 g/mol. The summed E-state index contributed by atoms with van der Waals surface area (Å²) in [5.41, 5.74) is 1.83. The molecule has 0 aliphatic carbocycles. The van der Waals surface area contributed by atoms with Gasteiger partial charge < -0.3 is 15.0 Å². The van der Waals surface area contributed by atoms with E-state index < -0.39 is 5.41 Å². The molecule has 0 fully saturated rings. The van der Waals surface area contributed by atoms with Crippen molar-refractivity contribution in [2.75, 3.05) is 25.1 Å². The van der Waals surface area contributed by atoms with Crippen LogP contribution in [0.4, 0.5) is 5.69 Å². The molecule has 150 valence electrons. The monoisotopic (exact) mass is 382 g/mol. The Kier molecular flexibility index (Phi) is 7.21. The Bertz CT molecular complexity index is 813. The Morgan fingerprint density at radius 1 is 1.11 bits per heavy atom. The zero-order valence-corrected chi connectivity index (χ0v) is 17.4. The van der Waals surface area contributed by atoms with Gasteiger partial charge in [-0.25, -0.2) is 0 Å². The summed E-state index contributed by atoms with van der Waals surface area (Å²) in [4.78, 5) is 27.5. The highest BCUT2D eigenvalue weighted by Crippen LogP contribution is 2.25. The summed E-state index contributed by atoms with van der Waals surface area (Å²) in [6, 6.07) is 15.5. The Morgan fingerprint density at radius 3 is 2.36 bits per heavy atom. The lowest BCUT2D eigenvalue weighted by Crippen LogP contribution is -2.50. The molecule has 0 unspecified atom stereocenters. The second kappa shape index (κ2) is 9.40. The quantitative estimate of drug-likeness (QED) is 0.708. The molecule has 0 aliphatic rings. The van der Waals surface area contributed by atoms with Crippen LogP contribution in [0.1, 0.15) is 31.9 Å². The molecule has 28 heavy (non-hydrogen) atoms. The number of benzene rings is 2. The van der Waals surface area contributed by atoms with Gasteiger partial charge in [0.25, 0.3) is 0 Å². The molecule has 2 amide bonds. The van der Waals surface area contributed by atoms with Crippen LogP contribution in [0.3, 0.4) is 0 Å². The van der Waals surface area contributed by atoms with Crippen molar-refractivity contribution in [1.82, 2.24) is 5.32 Å². The number of amides is 2. The van der Waals surface area contributed by atoms with Crippen LogP contribution in [0.15, 0.2) is 48.5 Å². The zero-order chi connectivity index (χ0) is 20.7. The second-order valence-corrected chi connectivity index (χ2v) is 7.37. The van der Waals surface area contributed by atoms with Gasteiger partial charge in [0, 0.05) is 18.8 Å². The lowest BCUT2D eigenvalue weighted by molar-refractivity contribution is -0.139. The maximum atomic E-state index is 13.1. The molecule has 0 bridgehead atoms. The summed E-state index contributed by atoms with van der Waals surface area (Å²) >= 11 is 0. The Labute approximate surface area is 167 Å². The highest BCUT2D eigenvalue weighted by molar-refractivity contribution is 6.11. The number of anilines is 1. The molecule has 5 nitrogen and oxygen atoms in total. The number of aryl methyl sites for hydroxylation is 1. The number of carbonyl (C=O) groups is 2. The van der Waals surface area contributed by atoms with Crippen molar-refractivity contribution < 1.29 is 14.3 Å². The van der Waals surface area contributed by atoms with E-state index in [-0.39, 0.29) is 11.8 Å². The third-order valence-corrected chi connectivity index (χ3v) is 4.84. The van der Waals surface area contributed by atoms with E-state index in [1.165, 1.54) is 0 Å². The van der Waals surface area contributed by atoms with E-state index in [0.29, 0.717) is 19.5 Å². The van der Waals surface area contributed by atoms with Crippen LogP contribution in [0.2, 0.25) is 0 Å². The lowest BCUT2D eigenvalue weighted by atomic mass is 9.89. The number of nitrogens with one attached hydrogen (secondary N) is 1. The second-order valence-electron chi connectivity index (χ2n) is 7.37. The first kappa shape index (κ1) is 21.5. The first-order valence-corrected chi connectivity index (χ1v) is 9.59. The van der Waals surface area contributed by atoms with E-state index in [4.69, 9.17) is 4.74 Å². The van der Waals surface area contributed by atoms with Crippen LogP contribution < -0.4 is 15.0 Å². The van der Waals surface area contributed by atoms with Gasteiger partial charge in [-0.1, -0.05) is 24.3 Å². The molecule has 0 atom stereocenters. The minimum atomic E-state index is -1.15. The number of carbonyl (C=O) groups excluding carboxylic acids is 2. The van der Waals surface area contributed by atoms with Crippen molar-refractivity contribution in [3.8, 4) is 5.75 Å². The molecule has 2 rings (SSSR count). The van der Waals surface area contributed by atoms with Crippen LogP contribution in [0, 0.1) is 12.3 Å². The van der Waals surface area contributed by atoms with Crippen molar-refractivity contribution in [1.29, 1.82) is 0 Å². The summed E-state index contributed by atoms with van der Waals surface area (Å²) in [6.45, 7) is 8.23. The predicted octanol–water partition coefficient (Wildman–Crippen LogP) is 3.74. The summed E-state index contributed by atoms with van der Waals surface area (Å²) < 4.78 is 5.15. The average Bonchev–Trinajstić information content (AvgIpc) is 2.69. The van der Waals surface area contributed by atoms with Crippen molar-refractivity contribution in [2.45, 2.75) is 34.1 Å². The van der Waals surface area contributed by atoms with Crippen LogP contribution >= 0.6 is 0 Å². The first-order valence-electron chi connectivity index (χ1n) is 9.59. The topological polar surface area (TPSA) is 58.6 Å². The molecule has 1 N–H and O–H groups in total. The van der Waals surface area contributed by atoms with E-state index in [1.54, 1.807) is 25.9 Å². The Hall–Kier alpha value is -2.82. The molecule has 0 aliphatic heterocycles. The summed E-state index contributed by atoms with van der Waals surface area (Å²) in [5.74, 6) is 0.329. The molecular formula is C23H30N2O3. The normalized spacial score (nSPS) is 11.0. The van der Waals surface area contributed by atoms with E-state index in [9.17, 15) is 9.59 Å². The van der Waals surface area contributed by atoms with Gasteiger partial charge in [0.05, 0.1) is 7.11 Å². The van der Waals surface area contributed by atoms with Gasteiger partial charge in [-0.15, -0.1) is 0 Å². The number of ether oxygens (including phenoxy) is 1. The molecule has 0 saturated heterocycles. The number of hydrogen-bond acceptors (Lipinski definition) is 3. The van der Waals surface area contributed by atoms with E-state index >= 15 is 0 Å². The first-order chi connectivity index (χ1) is 13.3. The van der Waals surface area contributed by atoms with Crippen molar-refractivity contribution in [3.05, 3.63) is 59.7 Å². The summed E-state index contributed by atoms with van der Waals surface area (Å²) in [5, 5.41) is 2.91. The van der Waals surface area contributed by atoms with Gasteiger partial charge in [0.2, 0.25) is 11.8 Å². The molecule has 0 saturated carbocycles. The number of rotatable bonds is 8. The average molecular weight is 383 g/mol.